The lowest BCUT2D eigenvalue weighted by molar-refractivity contribution is 0.0767. The normalized spacial score (nSPS) is 25.9. The number of nitrogens with zero attached hydrogens (tertiary/aromatic N) is 5. The third-order valence-electron chi connectivity index (χ3n) is 5.50. The third kappa shape index (κ3) is 2.85. The van der Waals surface area contributed by atoms with Gasteiger partial charge in [-0.25, -0.2) is 12.7 Å². The molecular weight excluding hydrogens is 372 g/mol. The number of aromatic nitrogens is 4. The number of sulfonamides is 1. The zero-order valence-corrected chi connectivity index (χ0v) is 16.3. The summed E-state index contributed by atoms with van der Waals surface area (Å²) >= 11 is 0. The van der Waals surface area contributed by atoms with Crippen molar-refractivity contribution in [2.45, 2.75) is 26.2 Å². The van der Waals surface area contributed by atoms with Crippen LogP contribution < -0.4 is 0 Å². The van der Waals surface area contributed by atoms with Crippen molar-refractivity contribution < 1.29 is 17.7 Å². The summed E-state index contributed by atoms with van der Waals surface area (Å²) in [6.45, 7) is 6.49. The number of aromatic amines is 1. The molecule has 2 aromatic rings. The molecule has 2 atom stereocenters. The number of H-pyrrole nitrogens is 1. The predicted molar refractivity (Wildman–Crippen MR) is 94.5 cm³/mol. The summed E-state index contributed by atoms with van der Waals surface area (Å²) in [5.74, 6) is 0.625. The van der Waals surface area contributed by atoms with Gasteiger partial charge in [-0.1, -0.05) is 5.16 Å². The second-order valence-corrected chi connectivity index (χ2v) is 9.57. The molecule has 2 saturated heterocycles. The summed E-state index contributed by atoms with van der Waals surface area (Å²) in [7, 11) is -3.34. The maximum atomic E-state index is 12.8. The molecule has 0 unspecified atom stereocenters. The Hall–Kier alpha value is -2.27. The van der Waals surface area contributed by atoms with E-state index in [1.54, 1.807) is 24.8 Å². The largest absolute Gasteiger partial charge is 0.339 e. The molecule has 1 amide bonds. The first-order chi connectivity index (χ1) is 12.7. The fourth-order valence-electron chi connectivity index (χ4n) is 4.06. The number of carbonyl (C=O) groups excluding carboxylic acids is 1. The van der Waals surface area contributed by atoms with Crippen LogP contribution in [0.5, 0.6) is 0 Å². The number of hydrogen-bond acceptors (Lipinski definition) is 7. The van der Waals surface area contributed by atoms with Gasteiger partial charge in [0.25, 0.3) is 5.91 Å². The summed E-state index contributed by atoms with van der Waals surface area (Å²) < 4.78 is 31.8. The molecule has 11 heteroatoms. The highest BCUT2D eigenvalue weighted by atomic mass is 32.2. The second kappa shape index (κ2) is 6.13. The van der Waals surface area contributed by atoms with E-state index >= 15 is 0 Å². The van der Waals surface area contributed by atoms with Crippen molar-refractivity contribution in [3.63, 3.8) is 0 Å². The van der Waals surface area contributed by atoms with Crippen molar-refractivity contribution in [1.82, 2.24) is 29.5 Å². The van der Waals surface area contributed by atoms with E-state index in [4.69, 9.17) is 4.52 Å². The van der Waals surface area contributed by atoms with Crippen LogP contribution in [0.3, 0.4) is 0 Å². The molecule has 0 radical (unpaired) electrons. The van der Waals surface area contributed by atoms with Gasteiger partial charge in [0, 0.05) is 37.8 Å². The minimum Gasteiger partial charge on any atom is -0.339 e. The van der Waals surface area contributed by atoms with Crippen LogP contribution in [0, 0.1) is 19.8 Å². The Kier molecular flexibility index (Phi) is 4.11. The molecular formula is C16H22N6O4S. The Morgan fingerprint density at radius 2 is 2.15 bits per heavy atom. The quantitative estimate of drug-likeness (QED) is 0.778. The van der Waals surface area contributed by atoms with Gasteiger partial charge in [0.1, 0.15) is 5.69 Å². The first kappa shape index (κ1) is 18.1. The van der Waals surface area contributed by atoms with Gasteiger partial charge in [-0.05, 0) is 26.8 Å². The van der Waals surface area contributed by atoms with Gasteiger partial charge in [0.15, 0.2) is 5.82 Å². The monoisotopic (exact) mass is 394 g/mol. The van der Waals surface area contributed by atoms with Gasteiger partial charge in [0.05, 0.1) is 11.2 Å². The Morgan fingerprint density at radius 1 is 1.37 bits per heavy atom. The Labute approximate surface area is 157 Å². The Bertz CT molecular complexity index is 983. The van der Waals surface area contributed by atoms with Crippen molar-refractivity contribution in [3.05, 3.63) is 29.2 Å². The van der Waals surface area contributed by atoms with E-state index in [0.717, 1.165) is 5.69 Å². The Morgan fingerprint density at radius 3 is 2.74 bits per heavy atom. The minimum atomic E-state index is -3.34. The average molecular weight is 394 g/mol. The van der Waals surface area contributed by atoms with Gasteiger partial charge < -0.3 is 9.42 Å². The Balaban J connectivity index is 1.67. The molecule has 0 spiro atoms. The number of fused-ring (bicyclic) bond motifs is 1. The summed E-state index contributed by atoms with van der Waals surface area (Å²) in [6, 6.07) is 1.70. The number of likely N-dealkylation sites (tertiary alicyclic amines) is 1. The summed E-state index contributed by atoms with van der Waals surface area (Å²) in [5.41, 5.74) is 0.465. The van der Waals surface area contributed by atoms with Gasteiger partial charge in [-0.3, -0.25) is 9.89 Å². The lowest BCUT2D eigenvalue weighted by atomic mass is 9.81. The van der Waals surface area contributed by atoms with E-state index in [1.165, 1.54) is 4.31 Å². The van der Waals surface area contributed by atoms with Crippen LogP contribution in [0.15, 0.2) is 10.6 Å². The molecule has 1 N–H and O–H groups in total. The maximum Gasteiger partial charge on any atom is 0.274 e. The zero-order valence-electron chi connectivity index (χ0n) is 15.5. The van der Waals surface area contributed by atoms with Crippen LogP contribution in [0.1, 0.15) is 34.8 Å². The molecule has 0 aliphatic carbocycles. The third-order valence-corrected chi connectivity index (χ3v) is 7.30. The standard InChI is InChI=1S/C16H22N6O4S/c1-4-27(24,25)22-7-12-6-21(14(23)13-5-10(2)18-19-13)8-16(12,9-22)15-17-11(3)20-26-15/h5,12H,4,6-9H2,1-3H3,(H,18,19)/t12-,16-/m0/s1. The lowest BCUT2D eigenvalue weighted by Crippen LogP contribution is -2.41. The van der Waals surface area contributed by atoms with Crippen LogP contribution in [0.25, 0.3) is 0 Å². The molecule has 0 bridgehead atoms. The summed E-state index contributed by atoms with van der Waals surface area (Å²) in [6.07, 6.45) is 0. The smallest absolute Gasteiger partial charge is 0.274 e. The number of carbonyl (C=O) groups is 1. The van der Waals surface area contributed by atoms with Crippen LogP contribution in [0.4, 0.5) is 0 Å². The summed E-state index contributed by atoms with van der Waals surface area (Å²) in [4.78, 5) is 18.9. The molecule has 2 aliphatic rings. The zero-order chi connectivity index (χ0) is 19.4. The minimum absolute atomic E-state index is 0.0356. The number of hydrogen-bond donors (Lipinski definition) is 1. The number of rotatable bonds is 4. The van der Waals surface area contributed by atoms with E-state index in [2.05, 4.69) is 20.3 Å². The van der Waals surface area contributed by atoms with Crippen molar-refractivity contribution in [2.75, 3.05) is 31.9 Å². The van der Waals surface area contributed by atoms with E-state index in [9.17, 15) is 13.2 Å². The SMILES string of the molecule is CCS(=O)(=O)N1C[C@@H]2CN(C(=O)c3cc(C)[nH]n3)C[C@]2(c2nc(C)no2)C1. The number of aryl methyl sites for hydroxylation is 2. The fraction of sp³-hybridized carbons (Fsp3) is 0.625. The molecule has 2 fully saturated rings. The molecule has 27 heavy (non-hydrogen) atoms. The number of nitrogens with one attached hydrogen (secondary N) is 1. The molecule has 4 rings (SSSR count). The van der Waals surface area contributed by atoms with E-state index in [1.807, 2.05) is 6.92 Å². The van der Waals surface area contributed by atoms with Gasteiger partial charge in [-0.2, -0.15) is 10.1 Å². The van der Waals surface area contributed by atoms with Gasteiger partial charge in [-0.15, -0.1) is 0 Å². The van der Waals surface area contributed by atoms with E-state index in [0.29, 0.717) is 37.0 Å². The van der Waals surface area contributed by atoms with Crippen molar-refractivity contribution >= 4 is 15.9 Å². The van der Waals surface area contributed by atoms with E-state index in [-0.39, 0.29) is 24.1 Å². The lowest BCUT2D eigenvalue weighted by Gasteiger charge is -2.25. The number of amides is 1. The van der Waals surface area contributed by atoms with Crippen molar-refractivity contribution in [1.29, 1.82) is 0 Å². The first-order valence-electron chi connectivity index (χ1n) is 8.85. The molecule has 10 nitrogen and oxygen atoms in total. The first-order valence-corrected chi connectivity index (χ1v) is 10.5. The van der Waals surface area contributed by atoms with Crippen molar-refractivity contribution in [3.8, 4) is 0 Å². The highest BCUT2D eigenvalue weighted by Gasteiger charge is 2.59. The fourth-order valence-corrected chi connectivity index (χ4v) is 5.26. The summed E-state index contributed by atoms with van der Waals surface area (Å²) in [5, 5.41) is 10.7. The predicted octanol–water partition coefficient (Wildman–Crippen LogP) is 0.0848. The van der Waals surface area contributed by atoms with Crippen LogP contribution in [-0.2, 0) is 15.4 Å². The van der Waals surface area contributed by atoms with Gasteiger partial charge in [0.2, 0.25) is 15.9 Å². The molecule has 2 aliphatic heterocycles. The van der Waals surface area contributed by atoms with Crippen molar-refractivity contribution in [2.24, 2.45) is 5.92 Å². The average Bonchev–Trinajstić information content (AvgIpc) is 3.36. The molecule has 0 aromatic carbocycles. The highest BCUT2D eigenvalue weighted by Crippen LogP contribution is 2.45. The molecule has 0 saturated carbocycles. The molecule has 4 heterocycles. The van der Waals surface area contributed by atoms with Gasteiger partial charge >= 0.3 is 0 Å². The van der Waals surface area contributed by atoms with E-state index < -0.39 is 15.4 Å². The highest BCUT2D eigenvalue weighted by molar-refractivity contribution is 7.89. The topological polar surface area (TPSA) is 125 Å². The molecule has 2 aromatic heterocycles. The van der Waals surface area contributed by atoms with Crippen LogP contribution in [-0.4, -0.2) is 75.8 Å². The maximum absolute atomic E-state index is 12.8. The second-order valence-electron chi connectivity index (χ2n) is 7.31. The van der Waals surface area contributed by atoms with Crippen LogP contribution >= 0.6 is 0 Å². The molecule has 146 valence electrons. The van der Waals surface area contributed by atoms with Crippen LogP contribution in [0.2, 0.25) is 0 Å².